The van der Waals surface area contributed by atoms with Crippen molar-refractivity contribution in [1.29, 1.82) is 0 Å². The Kier molecular flexibility index (Phi) is 5.55. The molecular formula is C16H20N4O5S. The standard InChI is InChI=1S/C16H20N4O5S/c1-19-12-14(10-17-19)26(22,23)20-8-7-13(11-20)5-6-15(21)18-25-16-4-2-3-9-24-16/h5-8,10-12,16H,2-4,9H2,1H3,(H,18,21)/b6-5+. The van der Waals surface area contributed by atoms with Crippen molar-refractivity contribution in [2.45, 2.75) is 30.4 Å². The number of amides is 1. The largest absolute Gasteiger partial charge is 0.350 e. The average molecular weight is 380 g/mol. The highest BCUT2D eigenvalue weighted by molar-refractivity contribution is 7.90. The third-order valence-corrected chi connectivity index (χ3v) is 5.39. The lowest BCUT2D eigenvalue weighted by atomic mass is 10.2. The highest BCUT2D eigenvalue weighted by atomic mass is 32.2. The molecule has 0 aromatic carbocycles. The molecular weight excluding hydrogens is 360 g/mol. The van der Waals surface area contributed by atoms with Gasteiger partial charge in [0.2, 0.25) is 0 Å². The lowest BCUT2D eigenvalue weighted by molar-refractivity contribution is -0.198. The molecule has 140 valence electrons. The van der Waals surface area contributed by atoms with Gasteiger partial charge in [-0.3, -0.25) is 9.48 Å². The Hall–Kier alpha value is -2.43. The lowest BCUT2D eigenvalue weighted by Crippen LogP contribution is -2.32. The van der Waals surface area contributed by atoms with Crippen LogP contribution in [0.1, 0.15) is 24.8 Å². The van der Waals surface area contributed by atoms with E-state index in [0.717, 1.165) is 23.2 Å². The van der Waals surface area contributed by atoms with Crippen LogP contribution in [0.2, 0.25) is 0 Å². The van der Waals surface area contributed by atoms with Gasteiger partial charge in [0.1, 0.15) is 4.90 Å². The van der Waals surface area contributed by atoms with Crippen LogP contribution in [0.5, 0.6) is 0 Å². The molecule has 0 aliphatic carbocycles. The van der Waals surface area contributed by atoms with Gasteiger partial charge in [-0.15, -0.1) is 0 Å². The molecule has 1 fully saturated rings. The summed E-state index contributed by atoms with van der Waals surface area (Å²) >= 11 is 0. The van der Waals surface area contributed by atoms with Gasteiger partial charge < -0.3 is 4.74 Å². The van der Waals surface area contributed by atoms with E-state index in [4.69, 9.17) is 9.57 Å². The Labute approximate surface area is 151 Å². The molecule has 2 aromatic rings. The molecule has 3 rings (SSSR count). The van der Waals surface area contributed by atoms with Crippen molar-refractivity contribution in [1.82, 2.24) is 19.2 Å². The van der Waals surface area contributed by atoms with Gasteiger partial charge >= 0.3 is 0 Å². The zero-order valence-corrected chi connectivity index (χ0v) is 15.1. The fraction of sp³-hybridized carbons (Fsp3) is 0.375. The van der Waals surface area contributed by atoms with Crippen LogP contribution in [0.3, 0.4) is 0 Å². The number of hydrogen-bond acceptors (Lipinski definition) is 6. The molecule has 1 unspecified atom stereocenters. The van der Waals surface area contributed by atoms with E-state index >= 15 is 0 Å². The van der Waals surface area contributed by atoms with Crippen molar-refractivity contribution in [3.8, 4) is 0 Å². The van der Waals surface area contributed by atoms with Gasteiger partial charge in [-0.1, -0.05) is 0 Å². The molecule has 1 saturated heterocycles. The number of hydrogen-bond donors (Lipinski definition) is 1. The molecule has 1 atom stereocenters. The summed E-state index contributed by atoms with van der Waals surface area (Å²) in [4.78, 5) is 17.0. The first-order chi connectivity index (χ1) is 12.4. The first-order valence-corrected chi connectivity index (χ1v) is 9.57. The second-order valence-corrected chi connectivity index (χ2v) is 7.69. The van der Waals surface area contributed by atoms with Crippen molar-refractivity contribution < 1.29 is 22.8 Å². The minimum atomic E-state index is -3.70. The van der Waals surface area contributed by atoms with Crippen molar-refractivity contribution in [2.75, 3.05) is 6.61 Å². The first kappa shape index (κ1) is 18.4. The van der Waals surface area contributed by atoms with Gasteiger partial charge in [0.05, 0.1) is 6.20 Å². The van der Waals surface area contributed by atoms with Crippen molar-refractivity contribution >= 4 is 22.0 Å². The third-order valence-electron chi connectivity index (χ3n) is 3.80. The van der Waals surface area contributed by atoms with E-state index in [1.807, 2.05) is 0 Å². The normalized spacial score (nSPS) is 18.3. The van der Waals surface area contributed by atoms with Crippen LogP contribution < -0.4 is 5.48 Å². The molecule has 0 radical (unpaired) electrons. The van der Waals surface area contributed by atoms with E-state index in [9.17, 15) is 13.2 Å². The monoisotopic (exact) mass is 380 g/mol. The number of aryl methyl sites for hydroxylation is 1. The summed E-state index contributed by atoms with van der Waals surface area (Å²) in [6, 6.07) is 1.59. The first-order valence-electron chi connectivity index (χ1n) is 8.13. The molecule has 1 N–H and O–H groups in total. The molecule has 2 aromatic heterocycles. The maximum absolute atomic E-state index is 12.4. The average Bonchev–Trinajstić information content (AvgIpc) is 3.29. The van der Waals surface area contributed by atoms with Gasteiger partial charge in [-0.2, -0.15) is 5.10 Å². The zero-order chi connectivity index (χ0) is 18.6. The summed E-state index contributed by atoms with van der Waals surface area (Å²) in [5.74, 6) is -0.456. The smallest absolute Gasteiger partial charge is 0.270 e. The summed E-state index contributed by atoms with van der Waals surface area (Å²) in [7, 11) is -2.06. The van der Waals surface area contributed by atoms with Crippen LogP contribution in [-0.2, 0) is 31.4 Å². The zero-order valence-electron chi connectivity index (χ0n) is 14.2. The molecule has 0 spiro atoms. The van der Waals surface area contributed by atoms with Gasteiger partial charge in [0, 0.05) is 44.7 Å². The maximum atomic E-state index is 12.4. The topological polar surface area (TPSA) is 104 Å². The van der Waals surface area contributed by atoms with E-state index in [0.29, 0.717) is 12.2 Å². The SMILES string of the molecule is Cn1cc(S(=O)(=O)n2ccc(/C=C/C(=O)NOC3CCCCO3)c2)cn1. The van der Waals surface area contributed by atoms with Gasteiger partial charge in [0.25, 0.3) is 15.9 Å². The molecule has 1 aliphatic rings. The van der Waals surface area contributed by atoms with Crippen LogP contribution in [0.25, 0.3) is 6.08 Å². The van der Waals surface area contributed by atoms with Crippen LogP contribution in [0.4, 0.5) is 0 Å². The highest BCUT2D eigenvalue weighted by Crippen LogP contribution is 2.15. The second-order valence-electron chi connectivity index (χ2n) is 5.84. The van der Waals surface area contributed by atoms with Crippen LogP contribution in [0.15, 0.2) is 41.8 Å². The molecule has 26 heavy (non-hydrogen) atoms. The summed E-state index contributed by atoms with van der Waals surface area (Å²) in [5.41, 5.74) is 2.86. The van der Waals surface area contributed by atoms with E-state index < -0.39 is 22.2 Å². The molecule has 1 amide bonds. The number of ether oxygens (including phenoxy) is 1. The summed E-state index contributed by atoms with van der Waals surface area (Å²) < 4.78 is 32.7. The predicted octanol–water partition coefficient (Wildman–Crippen LogP) is 1.05. The number of hydroxylamine groups is 1. The predicted molar refractivity (Wildman–Crippen MR) is 92.1 cm³/mol. The van der Waals surface area contributed by atoms with E-state index in [1.165, 1.54) is 41.6 Å². The van der Waals surface area contributed by atoms with Crippen molar-refractivity contribution in [3.05, 3.63) is 42.5 Å². The summed E-state index contributed by atoms with van der Waals surface area (Å²) in [6.45, 7) is 0.620. The van der Waals surface area contributed by atoms with Crippen molar-refractivity contribution in [2.24, 2.45) is 7.05 Å². The molecule has 0 saturated carbocycles. The van der Waals surface area contributed by atoms with E-state index in [-0.39, 0.29) is 4.90 Å². The van der Waals surface area contributed by atoms with E-state index in [2.05, 4.69) is 10.6 Å². The highest BCUT2D eigenvalue weighted by Gasteiger charge is 2.18. The lowest BCUT2D eigenvalue weighted by Gasteiger charge is -2.21. The Balaban J connectivity index is 1.59. The molecule has 9 nitrogen and oxygen atoms in total. The Morgan fingerprint density at radius 3 is 2.96 bits per heavy atom. The van der Waals surface area contributed by atoms with Gasteiger partial charge in [-0.05, 0) is 30.5 Å². The minimum Gasteiger partial charge on any atom is -0.350 e. The maximum Gasteiger partial charge on any atom is 0.270 e. The van der Waals surface area contributed by atoms with Gasteiger partial charge in [0.15, 0.2) is 6.29 Å². The Bertz CT molecular complexity index is 893. The second kappa shape index (κ2) is 7.85. The quantitative estimate of drug-likeness (QED) is 0.593. The van der Waals surface area contributed by atoms with Crippen molar-refractivity contribution in [3.63, 3.8) is 0 Å². The number of rotatable bonds is 6. The van der Waals surface area contributed by atoms with Crippen LogP contribution >= 0.6 is 0 Å². The Morgan fingerprint density at radius 1 is 1.42 bits per heavy atom. The number of carbonyl (C=O) groups excluding carboxylic acids is 1. The van der Waals surface area contributed by atoms with Gasteiger partial charge in [-0.25, -0.2) is 22.7 Å². The number of carbonyl (C=O) groups is 1. The molecule has 3 heterocycles. The van der Waals surface area contributed by atoms with Crippen LogP contribution in [0, 0.1) is 0 Å². The molecule has 10 heteroatoms. The fourth-order valence-electron chi connectivity index (χ4n) is 2.43. The third kappa shape index (κ3) is 4.40. The number of aromatic nitrogens is 3. The summed E-state index contributed by atoms with van der Waals surface area (Å²) in [6.07, 6.45) is 10.6. The summed E-state index contributed by atoms with van der Waals surface area (Å²) in [5, 5.41) is 3.87. The number of nitrogens with one attached hydrogen (secondary N) is 1. The van der Waals surface area contributed by atoms with E-state index in [1.54, 1.807) is 13.1 Å². The number of nitrogens with zero attached hydrogens (tertiary/aromatic N) is 3. The minimum absolute atomic E-state index is 0.0877. The Morgan fingerprint density at radius 2 is 2.27 bits per heavy atom. The van der Waals surface area contributed by atoms with Crippen LogP contribution in [-0.4, -0.2) is 41.0 Å². The molecule has 0 bridgehead atoms. The fourth-order valence-corrected chi connectivity index (χ4v) is 3.62. The molecule has 1 aliphatic heterocycles.